The molecule has 2 amide bonds. The molecule has 1 N–H and O–H groups in total. The van der Waals surface area contributed by atoms with Gasteiger partial charge in [-0.3, -0.25) is 9.59 Å². The van der Waals surface area contributed by atoms with Gasteiger partial charge < -0.3 is 5.32 Å². The first-order chi connectivity index (χ1) is 14.0. The summed E-state index contributed by atoms with van der Waals surface area (Å²) in [6, 6.07) is 22.7. The molecule has 0 radical (unpaired) electrons. The first-order valence-electron chi connectivity index (χ1n) is 9.55. The molecule has 0 spiro atoms. The summed E-state index contributed by atoms with van der Waals surface area (Å²) in [5.41, 5.74) is 5.98. The Bertz CT molecular complexity index is 1130. The lowest BCUT2D eigenvalue weighted by Crippen LogP contribution is -2.32. The van der Waals surface area contributed by atoms with E-state index >= 15 is 0 Å². The topological polar surface area (TPSA) is 49.4 Å². The van der Waals surface area contributed by atoms with E-state index in [4.69, 9.17) is 0 Å². The van der Waals surface area contributed by atoms with Gasteiger partial charge in [-0.25, -0.2) is 4.90 Å². The van der Waals surface area contributed by atoms with Crippen LogP contribution in [0, 0.1) is 20.8 Å². The molecule has 3 aromatic carbocycles. The Hall–Kier alpha value is -3.66. The summed E-state index contributed by atoms with van der Waals surface area (Å²) in [4.78, 5) is 28.0. The van der Waals surface area contributed by atoms with Crippen molar-refractivity contribution in [1.82, 2.24) is 0 Å². The van der Waals surface area contributed by atoms with Crippen LogP contribution in [0.4, 0.5) is 11.4 Å². The van der Waals surface area contributed by atoms with Crippen LogP contribution in [0.5, 0.6) is 0 Å². The van der Waals surface area contributed by atoms with E-state index in [9.17, 15) is 9.59 Å². The standard InChI is InChI=1S/C25H22N2O2/c1-16-9-12-19(13-10-16)22-23(26-20-7-5-4-6-8-20)25(29)27(24(22)28)21-14-11-17(2)18(3)15-21/h4-15,26H,1-3H3. The monoisotopic (exact) mass is 382 g/mol. The average molecular weight is 382 g/mol. The average Bonchev–Trinajstić information content (AvgIpc) is 2.95. The number of carbonyl (C=O) groups excluding carboxylic acids is 2. The van der Waals surface area contributed by atoms with Crippen molar-refractivity contribution in [2.45, 2.75) is 20.8 Å². The molecule has 4 heteroatoms. The van der Waals surface area contributed by atoms with Gasteiger partial charge in [0.15, 0.2) is 0 Å². The van der Waals surface area contributed by atoms with Gasteiger partial charge >= 0.3 is 0 Å². The van der Waals surface area contributed by atoms with Gasteiger partial charge in [0.1, 0.15) is 5.70 Å². The van der Waals surface area contributed by atoms with Crippen LogP contribution in [0.25, 0.3) is 5.57 Å². The molecule has 0 aromatic heterocycles. The fourth-order valence-electron chi connectivity index (χ4n) is 3.40. The Kier molecular flexibility index (Phi) is 4.77. The predicted molar refractivity (Wildman–Crippen MR) is 117 cm³/mol. The molecular formula is C25H22N2O2. The van der Waals surface area contributed by atoms with E-state index in [-0.39, 0.29) is 11.8 Å². The number of amides is 2. The second kappa shape index (κ2) is 7.40. The van der Waals surface area contributed by atoms with Crippen LogP contribution in [-0.2, 0) is 9.59 Å². The molecule has 0 saturated carbocycles. The van der Waals surface area contributed by atoms with E-state index in [2.05, 4.69) is 5.32 Å². The van der Waals surface area contributed by atoms with Gasteiger partial charge in [-0.15, -0.1) is 0 Å². The van der Waals surface area contributed by atoms with Crippen LogP contribution in [0.15, 0.2) is 78.5 Å². The summed E-state index contributed by atoms with van der Waals surface area (Å²) < 4.78 is 0. The minimum atomic E-state index is -0.349. The molecule has 4 rings (SSSR count). The summed E-state index contributed by atoms with van der Waals surface area (Å²) in [5.74, 6) is -0.668. The Labute approximate surface area is 170 Å². The van der Waals surface area contributed by atoms with Crippen LogP contribution < -0.4 is 10.2 Å². The van der Waals surface area contributed by atoms with Gasteiger partial charge in [-0.1, -0.05) is 54.1 Å². The summed E-state index contributed by atoms with van der Waals surface area (Å²) in [5, 5.41) is 3.18. The number of carbonyl (C=O) groups is 2. The SMILES string of the molecule is Cc1ccc(C2=C(Nc3ccccc3)C(=O)N(c3ccc(C)c(C)c3)C2=O)cc1. The maximum atomic E-state index is 13.4. The maximum absolute atomic E-state index is 13.4. The number of anilines is 2. The number of benzene rings is 3. The molecule has 1 aliphatic heterocycles. The number of hydrogen-bond donors (Lipinski definition) is 1. The van der Waals surface area contributed by atoms with E-state index in [1.54, 1.807) is 0 Å². The lowest BCUT2D eigenvalue weighted by atomic mass is 10.0. The number of rotatable bonds is 4. The summed E-state index contributed by atoms with van der Waals surface area (Å²) in [6.45, 7) is 5.97. The fraction of sp³-hybridized carbons (Fsp3) is 0.120. The zero-order valence-corrected chi connectivity index (χ0v) is 16.7. The molecule has 0 fully saturated rings. The van der Waals surface area contributed by atoms with Crippen molar-refractivity contribution in [3.8, 4) is 0 Å². The molecule has 144 valence electrons. The Morgan fingerprint density at radius 2 is 1.41 bits per heavy atom. The first kappa shape index (κ1) is 18.7. The zero-order chi connectivity index (χ0) is 20.5. The molecule has 0 aliphatic carbocycles. The smallest absolute Gasteiger partial charge is 0.282 e. The molecule has 0 saturated heterocycles. The number of nitrogens with zero attached hydrogens (tertiary/aromatic N) is 1. The number of hydrogen-bond acceptors (Lipinski definition) is 3. The van der Waals surface area contributed by atoms with Crippen molar-refractivity contribution in [3.05, 3.63) is 101 Å². The number of para-hydroxylation sites is 1. The zero-order valence-electron chi connectivity index (χ0n) is 16.7. The molecule has 1 aliphatic rings. The van der Waals surface area contributed by atoms with Crippen molar-refractivity contribution in [2.24, 2.45) is 0 Å². The highest BCUT2D eigenvalue weighted by Gasteiger charge is 2.40. The quantitative estimate of drug-likeness (QED) is 0.646. The highest BCUT2D eigenvalue weighted by atomic mass is 16.2. The van der Waals surface area contributed by atoms with Crippen LogP contribution in [-0.4, -0.2) is 11.8 Å². The van der Waals surface area contributed by atoms with E-state index in [0.717, 1.165) is 27.9 Å². The summed E-state index contributed by atoms with van der Waals surface area (Å²) in [6.07, 6.45) is 0. The van der Waals surface area contributed by atoms with Crippen LogP contribution in [0.1, 0.15) is 22.3 Å². The normalized spacial score (nSPS) is 14.0. The highest BCUT2D eigenvalue weighted by Crippen LogP contribution is 2.34. The second-order valence-electron chi connectivity index (χ2n) is 7.32. The fourth-order valence-corrected chi connectivity index (χ4v) is 3.40. The van der Waals surface area contributed by atoms with Crippen LogP contribution >= 0.6 is 0 Å². The van der Waals surface area contributed by atoms with Gasteiger partial charge in [-0.05, 0) is 61.7 Å². The lowest BCUT2D eigenvalue weighted by molar-refractivity contribution is -0.120. The second-order valence-corrected chi connectivity index (χ2v) is 7.32. The van der Waals surface area contributed by atoms with E-state index in [0.29, 0.717) is 17.0 Å². The third-order valence-electron chi connectivity index (χ3n) is 5.22. The minimum Gasteiger partial charge on any atom is -0.350 e. The Balaban J connectivity index is 1.83. The van der Waals surface area contributed by atoms with E-state index in [1.807, 2.05) is 93.6 Å². The molecule has 0 bridgehead atoms. The number of imide groups is 1. The van der Waals surface area contributed by atoms with Gasteiger partial charge in [-0.2, -0.15) is 0 Å². The molecule has 4 nitrogen and oxygen atoms in total. The molecule has 3 aromatic rings. The van der Waals surface area contributed by atoms with Crippen LogP contribution in [0.2, 0.25) is 0 Å². The highest BCUT2D eigenvalue weighted by molar-refractivity contribution is 6.46. The Morgan fingerprint density at radius 3 is 2.07 bits per heavy atom. The van der Waals surface area contributed by atoms with Crippen molar-refractivity contribution in [2.75, 3.05) is 10.2 Å². The predicted octanol–water partition coefficient (Wildman–Crippen LogP) is 5.01. The molecule has 29 heavy (non-hydrogen) atoms. The van der Waals surface area contributed by atoms with Crippen LogP contribution in [0.3, 0.4) is 0 Å². The third-order valence-corrected chi connectivity index (χ3v) is 5.22. The van der Waals surface area contributed by atoms with E-state index in [1.165, 1.54) is 4.90 Å². The summed E-state index contributed by atoms with van der Waals surface area (Å²) in [7, 11) is 0. The third kappa shape index (κ3) is 3.45. The van der Waals surface area contributed by atoms with E-state index < -0.39 is 0 Å². The van der Waals surface area contributed by atoms with Crippen molar-refractivity contribution >= 4 is 28.8 Å². The molecular weight excluding hydrogens is 360 g/mol. The Morgan fingerprint density at radius 1 is 0.724 bits per heavy atom. The van der Waals surface area contributed by atoms with Crippen molar-refractivity contribution < 1.29 is 9.59 Å². The van der Waals surface area contributed by atoms with Gasteiger partial charge in [0.05, 0.1) is 11.3 Å². The van der Waals surface area contributed by atoms with Crippen molar-refractivity contribution in [3.63, 3.8) is 0 Å². The summed E-state index contributed by atoms with van der Waals surface area (Å²) >= 11 is 0. The lowest BCUT2D eigenvalue weighted by Gasteiger charge is -2.17. The molecule has 0 atom stereocenters. The largest absolute Gasteiger partial charge is 0.350 e. The van der Waals surface area contributed by atoms with Crippen molar-refractivity contribution in [1.29, 1.82) is 0 Å². The van der Waals surface area contributed by atoms with Gasteiger partial charge in [0.25, 0.3) is 11.8 Å². The minimum absolute atomic E-state index is 0.295. The van der Waals surface area contributed by atoms with Gasteiger partial charge in [0, 0.05) is 5.69 Å². The number of nitrogens with one attached hydrogen (secondary N) is 1. The maximum Gasteiger partial charge on any atom is 0.282 e. The first-order valence-corrected chi connectivity index (χ1v) is 9.55. The molecule has 1 heterocycles. The van der Waals surface area contributed by atoms with Gasteiger partial charge in [0.2, 0.25) is 0 Å². The number of aryl methyl sites for hydroxylation is 3. The molecule has 0 unspecified atom stereocenters.